The average Bonchev–Trinajstić information content (AvgIpc) is 2.75. The monoisotopic (exact) mass is 211 g/mol. The van der Waals surface area contributed by atoms with E-state index < -0.39 is 0 Å². The van der Waals surface area contributed by atoms with Crippen molar-refractivity contribution >= 4 is 17.6 Å². The molecule has 0 spiro atoms. The van der Waals surface area contributed by atoms with Gasteiger partial charge in [0.2, 0.25) is 0 Å². The summed E-state index contributed by atoms with van der Waals surface area (Å²) in [7, 11) is 0. The molecule has 2 unspecified atom stereocenters. The van der Waals surface area contributed by atoms with Gasteiger partial charge in [0.25, 0.3) is 0 Å². The first-order chi connectivity index (χ1) is 6.75. The summed E-state index contributed by atoms with van der Waals surface area (Å²) in [4.78, 5) is 7.07. The van der Waals surface area contributed by atoms with Crippen LogP contribution in [-0.4, -0.2) is 27.0 Å². The van der Waals surface area contributed by atoms with E-state index in [9.17, 15) is 0 Å². The second-order valence-electron chi connectivity index (χ2n) is 4.16. The normalized spacial score (nSPS) is 27.1. The Kier molecular flexibility index (Phi) is 3.01. The smallest absolute Gasteiger partial charge is 0.123 e. The van der Waals surface area contributed by atoms with Gasteiger partial charge < -0.3 is 10.3 Å². The first-order valence-electron chi connectivity index (χ1n) is 5.12. The molecule has 2 atom stereocenters. The SMILES string of the molecule is CC(C)C1CC(Nc2cnc[nH]2)CS1. The van der Waals surface area contributed by atoms with Crippen molar-refractivity contribution in [3.05, 3.63) is 12.5 Å². The molecule has 2 heterocycles. The third-order valence-corrected chi connectivity index (χ3v) is 4.39. The molecule has 14 heavy (non-hydrogen) atoms. The van der Waals surface area contributed by atoms with Crippen LogP contribution in [0.1, 0.15) is 20.3 Å². The summed E-state index contributed by atoms with van der Waals surface area (Å²) in [6.07, 6.45) is 4.82. The average molecular weight is 211 g/mol. The van der Waals surface area contributed by atoms with Crippen molar-refractivity contribution in [3.8, 4) is 0 Å². The van der Waals surface area contributed by atoms with E-state index in [4.69, 9.17) is 0 Å². The number of aromatic nitrogens is 2. The van der Waals surface area contributed by atoms with Crippen LogP contribution in [0.3, 0.4) is 0 Å². The van der Waals surface area contributed by atoms with Gasteiger partial charge in [-0.3, -0.25) is 0 Å². The maximum atomic E-state index is 3.99. The quantitative estimate of drug-likeness (QED) is 0.806. The molecular formula is C10H17N3S. The number of aromatic amines is 1. The van der Waals surface area contributed by atoms with E-state index in [1.54, 1.807) is 6.33 Å². The molecule has 0 aromatic carbocycles. The Morgan fingerprint density at radius 2 is 2.50 bits per heavy atom. The Hall–Kier alpha value is -0.640. The Morgan fingerprint density at radius 3 is 3.07 bits per heavy atom. The Bertz CT molecular complexity index is 271. The summed E-state index contributed by atoms with van der Waals surface area (Å²) in [6, 6.07) is 0.604. The highest BCUT2D eigenvalue weighted by atomic mass is 32.2. The fraction of sp³-hybridized carbons (Fsp3) is 0.700. The zero-order valence-electron chi connectivity index (χ0n) is 8.66. The van der Waals surface area contributed by atoms with E-state index in [2.05, 4.69) is 40.9 Å². The molecule has 0 saturated carbocycles. The molecule has 1 aliphatic rings. The summed E-state index contributed by atoms with van der Waals surface area (Å²) in [5.41, 5.74) is 0. The maximum Gasteiger partial charge on any atom is 0.123 e. The lowest BCUT2D eigenvalue weighted by Crippen LogP contribution is -2.20. The Morgan fingerprint density at radius 1 is 1.64 bits per heavy atom. The predicted molar refractivity (Wildman–Crippen MR) is 61.7 cm³/mol. The van der Waals surface area contributed by atoms with Crippen LogP contribution in [0.25, 0.3) is 0 Å². The lowest BCUT2D eigenvalue weighted by Gasteiger charge is -2.14. The van der Waals surface area contributed by atoms with Gasteiger partial charge in [0.05, 0.1) is 12.5 Å². The third kappa shape index (κ3) is 2.23. The molecule has 78 valence electrons. The number of hydrogen-bond donors (Lipinski definition) is 2. The summed E-state index contributed by atoms with van der Waals surface area (Å²) in [5, 5.41) is 4.28. The summed E-state index contributed by atoms with van der Waals surface area (Å²) >= 11 is 2.08. The maximum absolute atomic E-state index is 3.99. The van der Waals surface area contributed by atoms with Crippen LogP contribution in [0, 0.1) is 5.92 Å². The highest BCUT2D eigenvalue weighted by Crippen LogP contribution is 2.33. The fourth-order valence-corrected chi connectivity index (χ4v) is 3.23. The van der Waals surface area contributed by atoms with Crippen molar-refractivity contribution in [2.75, 3.05) is 11.1 Å². The summed E-state index contributed by atoms with van der Waals surface area (Å²) in [6.45, 7) is 4.60. The van der Waals surface area contributed by atoms with Crippen molar-refractivity contribution in [3.63, 3.8) is 0 Å². The van der Waals surface area contributed by atoms with Crippen LogP contribution in [-0.2, 0) is 0 Å². The zero-order chi connectivity index (χ0) is 9.97. The van der Waals surface area contributed by atoms with E-state index >= 15 is 0 Å². The van der Waals surface area contributed by atoms with Gasteiger partial charge in [-0.2, -0.15) is 11.8 Å². The number of anilines is 1. The van der Waals surface area contributed by atoms with Crippen LogP contribution in [0.2, 0.25) is 0 Å². The molecule has 4 heteroatoms. The topological polar surface area (TPSA) is 40.7 Å². The third-order valence-electron chi connectivity index (χ3n) is 2.63. The number of nitrogens with zero attached hydrogens (tertiary/aromatic N) is 1. The minimum absolute atomic E-state index is 0.604. The molecule has 1 saturated heterocycles. The molecule has 1 aromatic heterocycles. The molecule has 0 radical (unpaired) electrons. The Labute approximate surface area is 89.1 Å². The molecule has 0 bridgehead atoms. The molecule has 3 nitrogen and oxygen atoms in total. The zero-order valence-corrected chi connectivity index (χ0v) is 9.47. The summed E-state index contributed by atoms with van der Waals surface area (Å²) < 4.78 is 0. The number of nitrogens with one attached hydrogen (secondary N) is 2. The van der Waals surface area contributed by atoms with Crippen LogP contribution >= 0.6 is 11.8 Å². The molecule has 0 aliphatic carbocycles. The number of hydrogen-bond acceptors (Lipinski definition) is 3. The highest BCUT2D eigenvalue weighted by molar-refractivity contribution is 8.00. The lowest BCUT2D eigenvalue weighted by atomic mass is 10.0. The van der Waals surface area contributed by atoms with Gasteiger partial charge in [-0.05, 0) is 12.3 Å². The molecule has 2 N–H and O–H groups in total. The highest BCUT2D eigenvalue weighted by Gasteiger charge is 2.27. The van der Waals surface area contributed by atoms with E-state index in [0.29, 0.717) is 6.04 Å². The minimum Gasteiger partial charge on any atom is -0.367 e. The first-order valence-corrected chi connectivity index (χ1v) is 6.17. The predicted octanol–water partition coefficient (Wildman–Crippen LogP) is 2.35. The second kappa shape index (κ2) is 4.26. The molecule has 2 rings (SSSR count). The molecule has 1 aromatic rings. The molecule has 1 fully saturated rings. The van der Waals surface area contributed by atoms with Gasteiger partial charge >= 0.3 is 0 Å². The number of H-pyrrole nitrogens is 1. The van der Waals surface area contributed by atoms with Crippen LogP contribution in [0.4, 0.5) is 5.82 Å². The summed E-state index contributed by atoms with van der Waals surface area (Å²) in [5.74, 6) is 3.04. The molecule has 0 amide bonds. The van der Waals surface area contributed by atoms with E-state index in [0.717, 1.165) is 17.0 Å². The van der Waals surface area contributed by atoms with Gasteiger partial charge in [-0.15, -0.1) is 0 Å². The fourth-order valence-electron chi connectivity index (χ4n) is 1.78. The lowest BCUT2D eigenvalue weighted by molar-refractivity contribution is 0.568. The van der Waals surface area contributed by atoms with Crippen LogP contribution in [0.5, 0.6) is 0 Å². The number of rotatable bonds is 3. The number of imidazole rings is 1. The van der Waals surface area contributed by atoms with Gasteiger partial charge in [0.15, 0.2) is 0 Å². The second-order valence-corrected chi connectivity index (χ2v) is 5.43. The molecule has 1 aliphatic heterocycles. The standard InChI is InChI=1S/C10H17N3S/c1-7(2)9-3-8(5-14-9)13-10-4-11-6-12-10/h4,6-9,13H,3,5H2,1-2H3,(H,11,12). The van der Waals surface area contributed by atoms with Crippen molar-refractivity contribution < 1.29 is 0 Å². The van der Waals surface area contributed by atoms with E-state index in [1.807, 2.05) is 6.20 Å². The minimum atomic E-state index is 0.604. The van der Waals surface area contributed by atoms with Gasteiger partial charge in [0.1, 0.15) is 5.82 Å². The van der Waals surface area contributed by atoms with Crippen molar-refractivity contribution in [2.24, 2.45) is 5.92 Å². The molecular weight excluding hydrogens is 194 g/mol. The van der Waals surface area contributed by atoms with E-state index in [1.165, 1.54) is 12.2 Å². The van der Waals surface area contributed by atoms with E-state index in [-0.39, 0.29) is 0 Å². The number of thioether (sulfide) groups is 1. The van der Waals surface area contributed by atoms with Gasteiger partial charge in [-0.25, -0.2) is 4.98 Å². The van der Waals surface area contributed by atoms with Gasteiger partial charge in [0, 0.05) is 17.0 Å². The van der Waals surface area contributed by atoms with Gasteiger partial charge in [-0.1, -0.05) is 13.8 Å². The van der Waals surface area contributed by atoms with Crippen molar-refractivity contribution in [1.82, 2.24) is 9.97 Å². The Balaban J connectivity index is 1.84. The van der Waals surface area contributed by atoms with Crippen molar-refractivity contribution in [2.45, 2.75) is 31.6 Å². The van der Waals surface area contributed by atoms with Crippen LogP contribution < -0.4 is 5.32 Å². The van der Waals surface area contributed by atoms with Crippen LogP contribution in [0.15, 0.2) is 12.5 Å². The largest absolute Gasteiger partial charge is 0.367 e. The van der Waals surface area contributed by atoms with Crippen molar-refractivity contribution in [1.29, 1.82) is 0 Å². The first kappa shape index (κ1) is 9.90.